The predicted octanol–water partition coefficient (Wildman–Crippen LogP) is 4.12. The van der Waals surface area contributed by atoms with Crippen molar-refractivity contribution in [3.05, 3.63) is 61.6 Å². The van der Waals surface area contributed by atoms with Crippen LogP contribution in [0.2, 0.25) is 10.0 Å². The summed E-state index contributed by atoms with van der Waals surface area (Å²) in [6.45, 7) is 1.67. The van der Waals surface area contributed by atoms with Crippen LogP contribution in [-0.2, 0) is 0 Å². The summed E-state index contributed by atoms with van der Waals surface area (Å²) in [4.78, 5) is 23.2. The number of nitro benzene ring substituents is 1. The Balaban J connectivity index is 1.89. The second-order valence-corrected chi connectivity index (χ2v) is 6.18. The van der Waals surface area contributed by atoms with Gasteiger partial charge in [0.2, 0.25) is 6.79 Å². The number of hydrogen-bond donors (Lipinski definition) is 1. The highest BCUT2D eigenvalue weighted by Crippen LogP contribution is 2.38. The van der Waals surface area contributed by atoms with E-state index in [4.69, 9.17) is 32.7 Å². The molecule has 1 N–H and O–H groups in total. The van der Waals surface area contributed by atoms with Crippen molar-refractivity contribution < 1.29 is 19.2 Å². The Labute approximate surface area is 152 Å². The maximum atomic E-state index is 12.6. The highest BCUT2D eigenvalue weighted by molar-refractivity contribution is 6.35. The normalized spacial score (nSPS) is 13.4. The van der Waals surface area contributed by atoms with Gasteiger partial charge in [0, 0.05) is 16.1 Å². The lowest BCUT2D eigenvalue weighted by Crippen LogP contribution is -2.27. The van der Waals surface area contributed by atoms with Gasteiger partial charge in [-0.15, -0.1) is 0 Å². The van der Waals surface area contributed by atoms with Crippen LogP contribution in [0, 0.1) is 10.1 Å². The van der Waals surface area contributed by atoms with Crippen molar-refractivity contribution in [2.24, 2.45) is 0 Å². The van der Waals surface area contributed by atoms with E-state index in [1.54, 1.807) is 25.1 Å². The lowest BCUT2D eigenvalue weighted by Gasteiger charge is -2.16. The molecule has 0 aliphatic carbocycles. The van der Waals surface area contributed by atoms with Crippen LogP contribution in [0.5, 0.6) is 11.5 Å². The van der Waals surface area contributed by atoms with Crippen LogP contribution in [0.15, 0.2) is 30.3 Å². The number of fused-ring (bicyclic) bond motifs is 1. The first-order chi connectivity index (χ1) is 11.9. The van der Waals surface area contributed by atoms with E-state index >= 15 is 0 Å². The van der Waals surface area contributed by atoms with E-state index in [-0.39, 0.29) is 29.5 Å². The number of ether oxygens (including phenoxy) is 2. The number of amides is 1. The fraction of sp³-hybridized carbons (Fsp3) is 0.188. The molecule has 3 rings (SSSR count). The van der Waals surface area contributed by atoms with E-state index in [1.165, 1.54) is 12.1 Å². The molecule has 1 amide bonds. The van der Waals surface area contributed by atoms with Crippen LogP contribution in [0.3, 0.4) is 0 Å². The second-order valence-electron chi connectivity index (χ2n) is 5.34. The molecule has 1 unspecified atom stereocenters. The summed E-state index contributed by atoms with van der Waals surface area (Å²) in [7, 11) is 0. The summed E-state index contributed by atoms with van der Waals surface area (Å²) in [5.41, 5.74) is 0.158. The fourth-order valence-electron chi connectivity index (χ4n) is 2.47. The maximum Gasteiger partial charge on any atom is 0.286 e. The van der Waals surface area contributed by atoms with Gasteiger partial charge in [-0.2, -0.15) is 0 Å². The molecule has 0 spiro atoms. The van der Waals surface area contributed by atoms with Gasteiger partial charge in [-0.3, -0.25) is 14.9 Å². The fourth-order valence-corrected chi connectivity index (χ4v) is 3.04. The van der Waals surface area contributed by atoms with Gasteiger partial charge in [0.15, 0.2) is 11.5 Å². The molecule has 130 valence electrons. The van der Waals surface area contributed by atoms with Crippen LogP contribution in [0.4, 0.5) is 5.69 Å². The Kier molecular flexibility index (Phi) is 4.69. The molecule has 9 heteroatoms. The second kappa shape index (κ2) is 6.78. The molecule has 0 radical (unpaired) electrons. The third kappa shape index (κ3) is 3.47. The first-order valence-electron chi connectivity index (χ1n) is 7.20. The highest BCUT2D eigenvalue weighted by Gasteiger charge is 2.28. The minimum Gasteiger partial charge on any atom is -0.454 e. The molecule has 0 fully saturated rings. The number of nitrogens with one attached hydrogen (secondary N) is 1. The van der Waals surface area contributed by atoms with E-state index in [0.717, 1.165) is 0 Å². The number of hydrogen-bond acceptors (Lipinski definition) is 5. The highest BCUT2D eigenvalue weighted by atomic mass is 35.5. The zero-order valence-electron chi connectivity index (χ0n) is 12.9. The van der Waals surface area contributed by atoms with Crippen LogP contribution >= 0.6 is 23.2 Å². The van der Waals surface area contributed by atoms with Crippen LogP contribution in [-0.4, -0.2) is 17.6 Å². The number of halogens is 2. The van der Waals surface area contributed by atoms with E-state index in [0.29, 0.717) is 15.6 Å². The van der Waals surface area contributed by atoms with Crippen molar-refractivity contribution in [2.75, 3.05) is 6.79 Å². The van der Waals surface area contributed by atoms with Gasteiger partial charge in [0.05, 0.1) is 17.0 Å². The van der Waals surface area contributed by atoms with Crippen molar-refractivity contribution in [1.82, 2.24) is 5.32 Å². The molecule has 0 saturated heterocycles. The van der Waals surface area contributed by atoms with Gasteiger partial charge < -0.3 is 14.8 Å². The number of nitrogens with zero attached hydrogens (tertiary/aromatic N) is 1. The summed E-state index contributed by atoms with van der Waals surface area (Å²) >= 11 is 12.0. The summed E-state index contributed by atoms with van der Waals surface area (Å²) in [6, 6.07) is 6.88. The first kappa shape index (κ1) is 17.3. The van der Waals surface area contributed by atoms with Crippen molar-refractivity contribution >= 4 is 34.8 Å². The SMILES string of the molecule is CC(NC(=O)c1cc2c(cc1[N+](=O)[O-])OCO2)c1ccc(Cl)cc1Cl. The Morgan fingerprint density at radius 1 is 1.24 bits per heavy atom. The van der Waals surface area contributed by atoms with Crippen LogP contribution in [0.25, 0.3) is 0 Å². The zero-order valence-corrected chi connectivity index (χ0v) is 14.4. The van der Waals surface area contributed by atoms with Crippen molar-refractivity contribution in [1.29, 1.82) is 0 Å². The van der Waals surface area contributed by atoms with E-state index in [2.05, 4.69) is 5.32 Å². The first-order valence-corrected chi connectivity index (χ1v) is 7.96. The zero-order chi connectivity index (χ0) is 18.1. The van der Waals surface area contributed by atoms with Gasteiger partial charge in [0.25, 0.3) is 11.6 Å². The summed E-state index contributed by atoms with van der Waals surface area (Å²) in [6.07, 6.45) is 0. The summed E-state index contributed by atoms with van der Waals surface area (Å²) < 4.78 is 10.3. The molecule has 1 aliphatic heterocycles. The van der Waals surface area contributed by atoms with E-state index in [9.17, 15) is 14.9 Å². The summed E-state index contributed by atoms with van der Waals surface area (Å²) in [5.74, 6) is -0.103. The molecule has 0 saturated carbocycles. The third-order valence-electron chi connectivity index (χ3n) is 3.71. The van der Waals surface area contributed by atoms with Gasteiger partial charge >= 0.3 is 0 Å². The standard InChI is InChI=1S/C16H12Cl2N2O5/c1-8(10-3-2-9(17)4-12(10)18)19-16(21)11-5-14-15(25-7-24-14)6-13(11)20(22)23/h2-6,8H,7H2,1H3,(H,19,21). The van der Waals surface area contributed by atoms with E-state index in [1.807, 2.05) is 0 Å². The molecule has 0 aromatic heterocycles. The van der Waals surface area contributed by atoms with Crippen molar-refractivity contribution in [3.8, 4) is 11.5 Å². The Morgan fingerprint density at radius 2 is 1.92 bits per heavy atom. The molecule has 1 heterocycles. The molecule has 1 aliphatic rings. The number of rotatable bonds is 4. The molecule has 7 nitrogen and oxygen atoms in total. The average molecular weight is 383 g/mol. The Hall–Kier alpha value is -2.51. The summed E-state index contributed by atoms with van der Waals surface area (Å²) in [5, 5.41) is 14.8. The molecule has 1 atom stereocenters. The third-order valence-corrected chi connectivity index (χ3v) is 4.27. The van der Waals surface area contributed by atoms with Crippen molar-refractivity contribution in [3.63, 3.8) is 0 Å². The van der Waals surface area contributed by atoms with Gasteiger partial charge in [-0.05, 0) is 24.6 Å². The van der Waals surface area contributed by atoms with E-state index < -0.39 is 16.9 Å². The largest absolute Gasteiger partial charge is 0.454 e. The van der Waals surface area contributed by atoms with Crippen LogP contribution in [0.1, 0.15) is 28.9 Å². The Morgan fingerprint density at radius 3 is 2.56 bits per heavy atom. The Bertz CT molecular complexity index is 872. The predicted molar refractivity (Wildman–Crippen MR) is 91.6 cm³/mol. The smallest absolute Gasteiger partial charge is 0.286 e. The van der Waals surface area contributed by atoms with Gasteiger partial charge in [-0.25, -0.2) is 0 Å². The quantitative estimate of drug-likeness (QED) is 0.634. The average Bonchev–Trinajstić information content (AvgIpc) is 3.00. The molecule has 2 aromatic carbocycles. The number of carbonyl (C=O) groups is 1. The van der Waals surface area contributed by atoms with Crippen molar-refractivity contribution in [2.45, 2.75) is 13.0 Å². The monoisotopic (exact) mass is 382 g/mol. The molecular formula is C16H12Cl2N2O5. The van der Waals surface area contributed by atoms with Gasteiger partial charge in [0.1, 0.15) is 5.56 Å². The number of benzene rings is 2. The van der Waals surface area contributed by atoms with Crippen LogP contribution < -0.4 is 14.8 Å². The number of carbonyl (C=O) groups excluding carboxylic acids is 1. The lowest BCUT2D eigenvalue weighted by atomic mass is 10.1. The molecule has 0 bridgehead atoms. The minimum absolute atomic E-state index is 0.0473. The molecular weight excluding hydrogens is 371 g/mol. The topological polar surface area (TPSA) is 90.7 Å². The maximum absolute atomic E-state index is 12.6. The molecule has 25 heavy (non-hydrogen) atoms. The molecule has 2 aromatic rings. The van der Waals surface area contributed by atoms with Gasteiger partial charge in [-0.1, -0.05) is 29.3 Å². The lowest BCUT2D eigenvalue weighted by molar-refractivity contribution is -0.385. The minimum atomic E-state index is -0.642. The number of nitro groups is 1.